The SMILES string of the molecule is CC(Cl)C(C)c1cnccn1. The number of aromatic nitrogens is 2. The van der Waals surface area contributed by atoms with Crippen LogP contribution in [0.3, 0.4) is 0 Å². The van der Waals surface area contributed by atoms with Crippen LogP contribution in [0, 0.1) is 0 Å². The second-order valence-corrected chi connectivity index (χ2v) is 3.28. The minimum atomic E-state index is 0.103. The number of rotatable bonds is 2. The molecule has 0 saturated carbocycles. The third kappa shape index (κ3) is 2.15. The van der Waals surface area contributed by atoms with E-state index in [0.29, 0.717) is 0 Å². The van der Waals surface area contributed by atoms with E-state index in [1.165, 1.54) is 0 Å². The van der Waals surface area contributed by atoms with Crippen LogP contribution in [-0.2, 0) is 0 Å². The Morgan fingerprint density at radius 3 is 2.55 bits per heavy atom. The average Bonchev–Trinajstić information content (AvgIpc) is 2.05. The van der Waals surface area contributed by atoms with Gasteiger partial charge in [-0.2, -0.15) is 0 Å². The van der Waals surface area contributed by atoms with Crippen LogP contribution >= 0.6 is 11.6 Å². The van der Waals surface area contributed by atoms with Gasteiger partial charge in [-0.3, -0.25) is 9.97 Å². The highest BCUT2D eigenvalue weighted by Crippen LogP contribution is 2.19. The number of halogens is 1. The Labute approximate surface area is 71.6 Å². The van der Waals surface area contributed by atoms with Gasteiger partial charge in [0.15, 0.2) is 0 Å². The first-order valence-corrected chi connectivity index (χ1v) is 4.05. The molecule has 3 heteroatoms. The summed E-state index contributed by atoms with van der Waals surface area (Å²) in [5.74, 6) is 0.269. The van der Waals surface area contributed by atoms with Gasteiger partial charge in [-0.05, 0) is 6.92 Å². The molecule has 1 aromatic heterocycles. The maximum absolute atomic E-state index is 5.89. The van der Waals surface area contributed by atoms with E-state index in [1.807, 2.05) is 13.8 Å². The minimum absolute atomic E-state index is 0.103. The Morgan fingerprint density at radius 2 is 2.09 bits per heavy atom. The van der Waals surface area contributed by atoms with E-state index in [9.17, 15) is 0 Å². The summed E-state index contributed by atoms with van der Waals surface area (Å²) < 4.78 is 0. The summed E-state index contributed by atoms with van der Waals surface area (Å²) in [4.78, 5) is 8.12. The van der Waals surface area contributed by atoms with Gasteiger partial charge in [0.2, 0.25) is 0 Å². The van der Waals surface area contributed by atoms with Crippen molar-refractivity contribution in [1.29, 1.82) is 0 Å². The fourth-order valence-corrected chi connectivity index (χ4v) is 0.910. The molecule has 1 rings (SSSR count). The predicted octanol–water partition coefficient (Wildman–Crippen LogP) is 2.21. The Balaban J connectivity index is 2.77. The van der Waals surface area contributed by atoms with Gasteiger partial charge in [0, 0.05) is 29.9 Å². The van der Waals surface area contributed by atoms with Gasteiger partial charge >= 0.3 is 0 Å². The Hall–Kier alpha value is -0.630. The lowest BCUT2D eigenvalue weighted by molar-refractivity contribution is 0.711. The molecule has 2 atom stereocenters. The van der Waals surface area contributed by atoms with Crippen molar-refractivity contribution >= 4 is 11.6 Å². The number of hydrogen-bond donors (Lipinski definition) is 0. The molecule has 0 aliphatic rings. The van der Waals surface area contributed by atoms with Gasteiger partial charge < -0.3 is 0 Å². The molecule has 2 unspecified atom stereocenters. The number of hydrogen-bond acceptors (Lipinski definition) is 2. The first-order chi connectivity index (χ1) is 5.22. The van der Waals surface area contributed by atoms with E-state index >= 15 is 0 Å². The molecular formula is C8H11ClN2. The number of alkyl halides is 1. The topological polar surface area (TPSA) is 25.8 Å². The lowest BCUT2D eigenvalue weighted by atomic mass is 10.1. The van der Waals surface area contributed by atoms with Gasteiger partial charge in [-0.15, -0.1) is 11.6 Å². The Kier molecular flexibility index (Phi) is 2.83. The monoisotopic (exact) mass is 170 g/mol. The summed E-state index contributed by atoms with van der Waals surface area (Å²) in [7, 11) is 0. The Bertz CT molecular complexity index is 211. The van der Waals surface area contributed by atoms with E-state index in [2.05, 4.69) is 9.97 Å². The molecule has 0 bridgehead atoms. The average molecular weight is 171 g/mol. The zero-order valence-corrected chi connectivity index (χ0v) is 7.42. The minimum Gasteiger partial charge on any atom is -0.261 e. The van der Waals surface area contributed by atoms with Crippen LogP contribution in [0.15, 0.2) is 18.6 Å². The number of nitrogens with zero attached hydrogens (tertiary/aromatic N) is 2. The molecule has 0 spiro atoms. The highest BCUT2D eigenvalue weighted by molar-refractivity contribution is 6.20. The van der Waals surface area contributed by atoms with Gasteiger partial charge in [0.25, 0.3) is 0 Å². The van der Waals surface area contributed by atoms with Gasteiger partial charge in [-0.1, -0.05) is 6.92 Å². The summed E-state index contributed by atoms with van der Waals surface area (Å²) in [6.45, 7) is 4.00. The maximum atomic E-state index is 5.89. The highest BCUT2D eigenvalue weighted by Gasteiger charge is 2.12. The van der Waals surface area contributed by atoms with Crippen LogP contribution in [0.2, 0.25) is 0 Å². The predicted molar refractivity (Wildman–Crippen MR) is 45.8 cm³/mol. The van der Waals surface area contributed by atoms with Crippen molar-refractivity contribution in [3.8, 4) is 0 Å². The summed E-state index contributed by atoms with van der Waals surface area (Å²) >= 11 is 5.89. The van der Waals surface area contributed by atoms with Crippen LogP contribution in [0.4, 0.5) is 0 Å². The molecule has 0 amide bonds. The second kappa shape index (κ2) is 3.67. The van der Waals surface area contributed by atoms with E-state index < -0.39 is 0 Å². The van der Waals surface area contributed by atoms with Crippen molar-refractivity contribution in [1.82, 2.24) is 9.97 Å². The summed E-state index contributed by atoms with van der Waals surface area (Å²) in [6.07, 6.45) is 5.10. The van der Waals surface area contributed by atoms with Crippen molar-refractivity contribution in [2.75, 3.05) is 0 Å². The van der Waals surface area contributed by atoms with Gasteiger partial charge in [-0.25, -0.2) is 0 Å². The molecule has 0 fully saturated rings. The molecule has 0 aliphatic heterocycles. The molecule has 11 heavy (non-hydrogen) atoms. The Morgan fingerprint density at radius 1 is 1.36 bits per heavy atom. The second-order valence-electron chi connectivity index (χ2n) is 2.60. The first-order valence-electron chi connectivity index (χ1n) is 3.62. The lowest BCUT2D eigenvalue weighted by Crippen LogP contribution is -2.06. The van der Waals surface area contributed by atoms with Crippen molar-refractivity contribution in [3.63, 3.8) is 0 Å². The smallest absolute Gasteiger partial charge is 0.0629 e. The van der Waals surface area contributed by atoms with Crippen LogP contribution in [0.1, 0.15) is 25.5 Å². The fourth-order valence-electron chi connectivity index (χ4n) is 0.781. The van der Waals surface area contributed by atoms with E-state index in [1.54, 1.807) is 18.6 Å². The van der Waals surface area contributed by atoms with Crippen molar-refractivity contribution in [3.05, 3.63) is 24.3 Å². The molecule has 1 aromatic rings. The van der Waals surface area contributed by atoms with Crippen LogP contribution < -0.4 is 0 Å². The molecule has 2 nitrogen and oxygen atoms in total. The molecule has 1 heterocycles. The van der Waals surface area contributed by atoms with Crippen LogP contribution in [0.25, 0.3) is 0 Å². The third-order valence-electron chi connectivity index (χ3n) is 1.74. The molecule has 60 valence electrons. The third-order valence-corrected chi connectivity index (χ3v) is 2.12. The van der Waals surface area contributed by atoms with Crippen molar-refractivity contribution < 1.29 is 0 Å². The van der Waals surface area contributed by atoms with E-state index in [4.69, 9.17) is 11.6 Å². The molecule has 0 N–H and O–H groups in total. The van der Waals surface area contributed by atoms with E-state index in [-0.39, 0.29) is 11.3 Å². The van der Waals surface area contributed by atoms with Crippen LogP contribution in [0.5, 0.6) is 0 Å². The molecule has 0 aliphatic carbocycles. The molecule has 0 aromatic carbocycles. The molecular weight excluding hydrogens is 160 g/mol. The maximum Gasteiger partial charge on any atom is 0.0629 e. The normalized spacial score (nSPS) is 15.9. The van der Waals surface area contributed by atoms with Gasteiger partial charge in [0.1, 0.15) is 0 Å². The van der Waals surface area contributed by atoms with Gasteiger partial charge in [0.05, 0.1) is 5.69 Å². The quantitative estimate of drug-likeness (QED) is 0.636. The van der Waals surface area contributed by atoms with Crippen molar-refractivity contribution in [2.24, 2.45) is 0 Å². The fraction of sp³-hybridized carbons (Fsp3) is 0.500. The summed E-state index contributed by atoms with van der Waals surface area (Å²) in [6, 6.07) is 0. The standard InChI is InChI=1S/C8H11ClN2/c1-6(7(2)9)8-5-10-3-4-11-8/h3-7H,1-2H3. The summed E-state index contributed by atoms with van der Waals surface area (Å²) in [5.41, 5.74) is 0.954. The highest BCUT2D eigenvalue weighted by atomic mass is 35.5. The zero-order chi connectivity index (χ0) is 8.27. The van der Waals surface area contributed by atoms with Crippen LogP contribution in [-0.4, -0.2) is 15.3 Å². The lowest BCUT2D eigenvalue weighted by Gasteiger charge is -2.11. The first kappa shape index (κ1) is 8.47. The largest absolute Gasteiger partial charge is 0.261 e. The van der Waals surface area contributed by atoms with Crippen molar-refractivity contribution in [2.45, 2.75) is 25.1 Å². The molecule has 0 radical (unpaired) electrons. The zero-order valence-electron chi connectivity index (χ0n) is 6.66. The molecule has 0 saturated heterocycles. The van der Waals surface area contributed by atoms with E-state index in [0.717, 1.165) is 5.69 Å². The summed E-state index contributed by atoms with van der Waals surface area (Å²) in [5, 5.41) is 0.103.